The molecule has 49 heavy (non-hydrogen) atoms. The van der Waals surface area contributed by atoms with Gasteiger partial charge in [-0.15, -0.1) is 0 Å². The lowest BCUT2D eigenvalue weighted by molar-refractivity contribution is -0.136. The summed E-state index contributed by atoms with van der Waals surface area (Å²) in [5.41, 5.74) is 2.60. The standard InChI is InChI=1S/C34H35BrN8O6/c1-39-17-19(35)14-24(33(39)47)37-27-6-2-21(16-36-27)41-12-10-40(11-13-41)20-8-9-42-22(15-20)18-49-30-25(42)4-3-23-29(30)34(48)43(32(23)46)26-5-7-28(44)38-31(26)45/h2-4,6,14,16-17,20,22,26H,5,7-13,15,18H2,1H3,(H,36,37)(H,38,44,45)/t20-,22+,26?/m0/s1. The number of hydrogen-bond acceptors (Lipinski definition) is 11. The molecule has 8 rings (SSSR count). The number of amides is 4. The van der Waals surface area contributed by atoms with Crippen LogP contribution >= 0.6 is 15.9 Å². The molecule has 0 saturated carbocycles. The van der Waals surface area contributed by atoms with E-state index >= 15 is 0 Å². The zero-order chi connectivity index (χ0) is 34.0. The van der Waals surface area contributed by atoms with Crippen LogP contribution in [0.4, 0.5) is 22.9 Å². The molecular weight excluding hydrogens is 696 g/mol. The predicted octanol–water partition coefficient (Wildman–Crippen LogP) is 2.24. The van der Waals surface area contributed by atoms with Gasteiger partial charge < -0.3 is 24.4 Å². The molecule has 3 fully saturated rings. The minimum absolute atomic E-state index is 0.0735. The van der Waals surface area contributed by atoms with Crippen LogP contribution in [0.3, 0.4) is 0 Å². The van der Waals surface area contributed by atoms with Gasteiger partial charge in [0.05, 0.1) is 34.7 Å². The SMILES string of the molecule is Cn1cc(Br)cc(Nc2ccc(N3CCN([C@H]4CCN5c6ccc7c(c6OC[C@H]5C4)C(=O)N(C4CCC(=O)NC4=O)C7=O)CC3)cn2)c1=O. The number of nitrogens with one attached hydrogen (secondary N) is 2. The summed E-state index contributed by atoms with van der Waals surface area (Å²) in [4.78, 5) is 76.2. The quantitative estimate of drug-likeness (QED) is 0.373. The Morgan fingerprint density at radius 2 is 1.78 bits per heavy atom. The van der Waals surface area contributed by atoms with Gasteiger partial charge in [0.25, 0.3) is 17.4 Å². The van der Waals surface area contributed by atoms with E-state index in [0.717, 1.165) is 66.3 Å². The third kappa shape index (κ3) is 5.54. The van der Waals surface area contributed by atoms with E-state index in [9.17, 15) is 24.0 Å². The van der Waals surface area contributed by atoms with Crippen LogP contribution in [0.5, 0.6) is 5.75 Å². The van der Waals surface area contributed by atoms with E-state index < -0.39 is 29.7 Å². The number of aromatic nitrogens is 2. The minimum Gasteiger partial charge on any atom is -0.488 e. The summed E-state index contributed by atoms with van der Waals surface area (Å²) in [6.07, 6.45) is 5.62. The second-order valence-corrected chi connectivity index (χ2v) is 14.1. The van der Waals surface area contributed by atoms with Gasteiger partial charge in [0.1, 0.15) is 24.2 Å². The molecule has 2 N–H and O–H groups in total. The van der Waals surface area contributed by atoms with Crippen molar-refractivity contribution < 1.29 is 23.9 Å². The topological polar surface area (TPSA) is 149 Å². The molecule has 3 atom stereocenters. The van der Waals surface area contributed by atoms with Crippen LogP contribution in [-0.4, -0.2) is 100 Å². The van der Waals surface area contributed by atoms with E-state index in [4.69, 9.17) is 4.74 Å². The Morgan fingerprint density at radius 3 is 2.53 bits per heavy atom. The van der Waals surface area contributed by atoms with Crippen molar-refractivity contribution in [3.8, 4) is 5.75 Å². The van der Waals surface area contributed by atoms with Crippen LogP contribution in [0.1, 0.15) is 46.4 Å². The molecule has 0 aliphatic carbocycles. The zero-order valence-corrected chi connectivity index (χ0v) is 28.4. The molecule has 3 aromatic rings. The average Bonchev–Trinajstić information content (AvgIpc) is 3.36. The molecule has 3 saturated heterocycles. The molecule has 1 unspecified atom stereocenters. The highest BCUT2D eigenvalue weighted by atomic mass is 79.9. The molecule has 0 bridgehead atoms. The number of aryl methyl sites for hydroxylation is 1. The first-order valence-electron chi connectivity index (χ1n) is 16.5. The molecule has 15 heteroatoms. The van der Waals surface area contributed by atoms with Gasteiger partial charge in [-0.05, 0) is 65.5 Å². The van der Waals surface area contributed by atoms with E-state index in [-0.39, 0.29) is 35.6 Å². The monoisotopic (exact) mass is 730 g/mol. The van der Waals surface area contributed by atoms with Crippen molar-refractivity contribution >= 4 is 62.4 Å². The van der Waals surface area contributed by atoms with Gasteiger partial charge in [-0.2, -0.15) is 0 Å². The number of ether oxygens (including phenoxy) is 1. The van der Waals surface area contributed by atoms with Crippen molar-refractivity contribution in [1.29, 1.82) is 0 Å². The van der Waals surface area contributed by atoms with Crippen LogP contribution in [0, 0.1) is 0 Å². The van der Waals surface area contributed by atoms with E-state index in [2.05, 4.69) is 46.2 Å². The van der Waals surface area contributed by atoms with Crippen molar-refractivity contribution in [2.45, 2.75) is 43.8 Å². The number of piperazine rings is 1. The number of nitrogens with zero attached hydrogens (tertiary/aromatic N) is 6. The number of carbonyl (C=O) groups is 4. The maximum atomic E-state index is 13.6. The van der Waals surface area contributed by atoms with Gasteiger partial charge in [0, 0.05) is 62.9 Å². The molecule has 5 aliphatic rings. The maximum Gasteiger partial charge on any atom is 0.274 e. The molecule has 7 heterocycles. The van der Waals surface area contributed by atoms with E-state index in [1.807, 2.05) is 24.4 Å². The summed E-state index contributed by atoms with van der Waals surface area (Å²) in [5.74, 6) is -1.10. The Morgan fingerprint density at radius 1 is 0.959 bits per heavy atom. The lowest BCUT2D eigenvalue weighted by Gasteiger charge is -2.48. The molecule has 0 radical (unpaired) electrons. The van der Waals surface area contributed by atoms with Gasteiger partial charge in [-0.25, -0.2) is 4.98 Å². The molecule has 14 nitrogen and oxygen atoms in total. The molecule has 2 aromatic heterocycles. The maximum absolute atomic E-state index is 13.6. The highest BCUT2D eigenvalue weighted by Gasteiger charge is 2.48. The minimum atomic E-state index is -1.01. The number of benzene rings is 1. The largest absolute Gasteiger partial charge is 0.488 e. The lowest BCUT2D eigenvalue weighted by Crippen LogP contribution is -2.57. The molecule has 0 spiro atoms. The van der Waals surface area contributed by atoms with Gasteiger partial charge in [-0.1, -0.05) is 0 Å². The highest BCUT2D eigenvalue weighted by molar-refractivity contribution is 9.10. The molecular formula is C34H35BrN8O6. The van der Waals surface area contributed by atoms with Crippen molar-refractivity contribution in [1.82, 2.24) is 24.7 Å². The smallest absolute Gasteiger partial charge is 0.274 e. The molecule has 4 amide bonds. The number of anilines is 4. The first-order valence-corrected chi connectivity index (χ1v) is 17.3. The third-order valence-electron chi connectivity index (χ3n) is 10.3. The number of piperidine rings is 2. The third-order valence-corrected chi connectivity index (χ3v) is 10.7. The fourth-order valence-electron chi connectivity index (χ4n) is 7.80. The first-order chi connectivity index (χ1) is 23.7. The number of carbonyl (C=O) groups excluding carboxylic acids is 4. The van der Waals surface area contributed by atoms with Crippen molar-refractivity contribution in [3.63, 3.8) is 0 Å². The van der Waals surface area contributed by atoms with E-state index in [0.29, 0.717) is 29.9 Å². The lowest BCUT2D eigenvalue weighted by atomic mass is 9.92. The Kier molecular flexibility index (Phi) is 7.90. The number of halogens is 1. The Labute approximate surface area is 290 Å². The number of imide groups is 2. The average molecular weight is 732 g/mol. The summed E-state index contributed by atoms with van der Waals surface area (Å²) >= 11 is 3.43. The predicted molar refractivity (Wildman–Crippen MR) is 183 cm³/mol. The second kappa shape index (κ2) is 12.3. The van der Waals surface area contributed by atoms with Gasteiger partial charge in [0.15, 0.2) is 5.75 Å². The molecule has 254 valence electrons. The van der Waals surface area contributed by atoms with Crippen molar-refractivity contribution in [2.24, 2.45) is 7.05 Å². The summed E-state index contributed by atoms with van der Waals surface area (Å²) < 4.78 is 8.57. The highest BCUT2D eigenvalue weighted by Crippen LogP contribution is 2.45. The summed E-state index contributed by atoms with van der Waals surface area (Å²) in [6, 6.07) is 8.70. The second-order valence-electron chi connectivity index (χ2n) is 13.2. The molecule has 5 aliphatic heterocycles. The van der Waals surface area contributed by atoms with E-state index in [1.54, 1.807) is 25.4 Å². The van der Waals surface area contributed by atoms with Crippen LogP contribution in [-0.2, 0) is 16.6 Å². The fraction of sp³-hybridized carbons (Fsp3) is 0.412. The Bertz CT molecular complexity index is 1940. The molecule has 1 aromatic carbocycles. The Hall–Kier alpha value is -4.76. The summed E-state index contributed by atoms with van der Waals surface area (Å²) in [7, 11) is 1.71. The van der Waals surface area contributed by atoms with Crippen LogP contribution in [0.25, 0.3) is 0 Å². The normalized spacial score (nSPS) is 23.9. The van der Waals surface area contributed by atoms with Crippen LogP contribution in [0.15, 0.2) is 52.0 Å². The van der Waals surface area contributed by atoms with Gasteiger partial charge >= 0.3 is 0 Å². The Balaban J connectivity index is 0.892. The summed E-state index contributed by atoms with van der Waals surface area (Å²) in [6.45, 7) is 4.78. The zero-order valence-electron chi connectivity index (χ0n) is 26.9. The van der Waals surface area contributed by atoms with E-state index in [1.165, 1.54) is 4.57 Å². The number of rotatable bonds is 5. The van der Waals surface area contributed by atoms with Crippen molar-refractivity contribution in [2.75, 3.05) is 54.4 Å². The van der Waals surface area contributed by atoms with Crippen LogP contribution in [0.2, 0.25) is 0 Å². The number of hydrogen-bond donors (Lipinski definition) is 2. The van der Waals surface area contributed by atoms with Gasteiger partial charge in [0.2, 0.25) is 11.8 Å². The van der Waals surface area contributed by atoms with Crippen LogP contribution < -0.4 is 30.7 Å². The first kappa shape index (κ1) is 31.5. The number of pyridine rings is 2. The van der Waals surface area contributed by atoms with Crippen molar-refractivity contribution in [3.05, 3.63) is 68.7 Å². The number of fused-ring (bicyclic) bond motifs is 5. The summed E-state index contributed by atoms with van der Waals surface area (Å²) in [5, 5.41) is 5.37. The fourth-order valence-corrected chi connectivity index (χ4v) is 8.33. The van der Waals surface area contributed by atoms with Gasteiger partial charge in [-0.3, -0.25) is 39.1 Å².